The summed E-state index contributed by atoms with van der Waals surface area (Å²) in [5, 5.41) is 15.3. The Balaban J connectivity index is 1.67. The molecule has 3 rings (SSSR count). The van der Waals surface area contributed by atoms with E-state index in [9.17, 15) is 19.5 Å². The molecule has 1 saturated heterocycles. The molecule has 22 heavy (non-hydrogen) atoms. The van der Waals surface area contributed by atoms with Gasteiger partial charge in [0.25, 0.3) is 0 Å². The Labute approximate surface area is 135 Å². The third-order valence-corrected chi connectivity index (χ3v) is 5.81. The molecule has 0 bridgehead atoms. The Morgan fingerprint density at radius 1 is 1.45 bits per heavy atom. The summed E-state index contributed by atoms with van der Waals surface area (Å²) in [5.41, 5.74) is 0.630. The van der Waals surface area contributed by atoms with Crippen molar-refractivity contribution in [2.75, 3.05) is 0 Å². The van der Waals surface area contributed by atoms with Crippen LogP contribution in [0.3, 0.4) is 0 Å². The van der Waals surface area contributed by atoms with Crippen LogP contribution in [0.15, 0.2) is 28.5 Å². The zero-order valence-corrected chi connectivity index (χ0v) is 13.3. The number of β-lactam (4-membered cyclic amide) rings is 1. The molecule has 1 fully saturated rings. The Bertz CT molecular complexity index is 656. The molecular formula is C14H14N2O4S2. The first kappa shape index (κ1) is 15.1. The van der Waals surface area contributed by atoms with Gasteiger partial charge >= 0.3 is 5.97 Å². The number of rotatable bonds is 4. The number of thioether (sulfide) groups is 1. The van der Waals surface area contributed by atoms with Crippen LogP contribution in [0.5, 0.6) is 0 Å². The van der Waals surface area contributed by atoms with E-state index in [0.29, 0.717) is 5.57 Å². The Hall–Kier alpha value is -1.80. The molecule has 0 saturated carbocycles. The highest BCUT2D eigenvalue weighted by atomic mass is 32.2. The number of carbonyl (C=O) groups is 3. The first-order valence-corrected chi connectivity index (χ1v) is 8.50. The van der Waals surface area contributed by atoms with Crippen LogP contribution in [0.25, 0.3) is 0 Å². The molecule has 1 aromatic rings. The number of thiophene rings is 1. The minimum Gasteiger partial charge on any atom is -0.479 e. The van der Waals surface area contributed by atoms with Crippen molar-refractivity contribution in [1.29, 1.82) is 0 Å². The third kappa shape index (κ3) is 2.52. The quantitative estimate of drug-likeness (QED) is 0.801. The van der Waals surface area contributed by atoms with Gasteiger partial charge in [0.15, 0.2) is 6.04 Å². The molecule has 2 amide bonds. The fraction of sp³-hybridized carbons (Fsp3) is 0.357. The van der Waals surface area contributed by atoms with E-state index in [1.54, 1.807) is 12.3 Å². The average molecular weight is 338 g/mol. The van der Waals surface area contributed by atoms with Gasteiger partial charge in [-0.15, -0.1) is 23.1 Å². The van der Waals surface area contributed by atoms with Crippen molar-refractivity contribution >= 4 is 40.9 Å². The zero-order chi connectivity index (χ0) is 15.9. The van der Waals surface area contributed by atoms with E-state index in [1.807, 2.05) is 17.5 Å². The van der Waals surface area contributed by atoms with E-state index in [-0.39, 0.29) is 23.6 Å². The maximum Gasteiger partial charge on any atom is 0.330 e. The summed E-state index contributed by atoms with van der Waals surface area (Å²) in [5.74, 6) is -1.60. The molecule has 0 aliphatic carbocycles. The number of amides is 2. The second-order valence-corrected chi connectivity index (χ2v) is 7.20. The van der Waals surface area contributed by atoms with Crippen LogP contribution in [-0.2, 0) is 20.8 Å². The summed E-state index contributed by atoms with van der Waals surface area (Å²) in [6.07, 6.45) is 0.232. The van der Waals surface area contributed by atoms with E-state index < -0.39 is 18.1 Å². The fourth-order valence-electron chi connectivity index (χ4n) is 2.61. The van der Waals surface area contributed by atoms with Crippen LogP contribution >= 0.6 is 23.1 Å². The molecule has 2 N–H and O–H groups in total. The number of aliphatic carboxylic acids is 1. The van der Waals surface area contributed by atoms with Crippen LogP contribution in [0.1, 0.15) is 11.8 Å². The molecule has 6 nitrogen and oxygen atoms in total. The maximum absolute atomic E-state index is 12.2. The van der Waals surface area contributed by atoms with Crippen LogP contribution in [0, 0.1) is 0 Å². The number of nitrogens with one attached hydrogen (secondary N) is 1. The number of carbonyl (C=O) groups excluding carboxylic acids is 2. The predicted molar refractivity (Wildman–Crippen MR) is 83.4 cm³/mol. The van der Waals surface area contributed by atoms with Crippen LogP contribution in [0.2, 0.25) is 0 Å². The molecule has 0 radical (unpaired) electrons. The van der Waals surface area contributed by atoms with E-state index >= 15 is 0 Å². The normalized spacial score (nSPS) is 26.8. The van der Waals surface area contributed by atoms with Gasteiger partial charge in [-0.05, 0) is 29.4 Å². The number of carboxylic acids is 1. The van der Waals surface area contributed by atoms with Gasteiger partial charge in [-0.3, -0.25) is 9.59 Å². The van der Waals surface area contributed by atoms with Crippen molar-refractivity contribution in [2.45, 2.75) is 30.8 Å². The van der Waals surface area contributed by atoms with Gasteiger partial charge in [-0.1, -0.05) is 6.07 Å². The standard InChI is InChI=1S/C14H14N2O4S2/c1-7-6-22-13-10(12(18)16(13)11(7)14(19)20)15-9(17)5-8-3-2-4-21-8/h2-4,6,10-11,13H,5H2,1H3,(H,15,17)(H,19,20)/t10?,11?,13-/m0/s1. The SMILES string of the molecule is CC1=CS[C@H]2C(NC(=O)Cc3cccs3)C(=O)N2C1C(=O)O. The molecule has 0 spiro atoms. The van der Waals surface area contributed by atoms with Gasteiger partial charge in [-0.25, -0.2) is 4.79 Å². The van der Waals surface area contributed by atoms with E-state index in [0.717, 1.165) is 4.88 Å². The van der Waals surface area contributed by atoms with Crippen molar-refractivity contribution < 1.29 is 19.5 Å². The summed E-state index contributed by atoms with van der Waals surface area (Å²) in [4.78, 5) is 37.8. The van der Waals surface area contributed by atoms with E-state index in [1.165, 1.54) is 28.0 Å². The Kier molecular flexibility index (Phi) is 3.96. The van der Waals surface area contributed by atoms with Crippen molar-refractivity contribution in [3.05, 3.63) is 33.4 Å². The monoisotopic (exact) mass is 338 g/mol. The lowest BCUT2D eigenvalue weighted by molar-refractivity contribution is -0.160. The number of hydrogen-bond donors (Lipinski definition) is 2. The van der Waals surface area contributed by atoms with Crippen LogP contribution in [-0.4, -0.2) is 45.2 Å². The Morgan fingerprint density at radius 2 is 2.23 bits per heavy atom. The molecular weight excluding hydrogens is 324 g/mol. The largest absolute Gasteiger partial charge is 0.479 e. The number of hydrogen-bond acceptors (Lipinski definition) is 5. The predicted octanol–water partition coefficient (Wildman–Crippen LogP) is 1.05. The first-order valence-electron chi connectivity index (χ1n) is 6.68. The molecule has 2 unspecified atom stereocenters. The second kappa shape index (κ2) is 5.77. The molecule has 2 aliphatic rings. The van der Waals surface area contributed by atoms with Crippen LogP contribution < -0.4 is 5.32 Å². The van der Waals surface area contributed by atoms with E-state index in [2.05, 4.69) is 5.32 Å². The summed E-state index contributed by atoms with van der Waals surface area (Å²) in [6, 6.07) is 2.15. The number of carboxylic acid groups (broad SMARTS) is 1. The van der Waals surface area contributed by atoms with E-state index in [4.69, 9.17) is 0 Å². The van der Waals surface area contributed by atoms with Gasteiger partial charge in [0.2, 0.25) is 11.8 Å². The third-order valence-electron chi connectivity index (χ3n) is 3.65. The zero-order valence-electron chi connectivity index (χ0n) is 11.7. The van der Waals surface area contributed by atoms with Crippen molar-refractivity contribution in [3.63, 3.8) is 0 Å². The molecule has 2 aliphatic heterocycles. The lowest BCUT2D eigenvalue weighted by Gasteiger charge is -2.51. The maximum atomic E-state index is 12.2. The molecule has 1 aromatic heterocycles. The second-order valence-electron chi connectivity index (χ2n) is 5.18. The highest BCUT2D eigenvalue weighted by molar-refractivity contribution is 8.02. The number of fused-ring (bicyclic) bond motifs is 1. The summed E-state index contributed by atoms with van der Waals surface area (Å²) in [7, 11) is 0. The van der Waals surface area contributed by atoms with Crippen molar-refractivity contribution in [1.82, 2.24) is 10.2 Å². The average Bonchev–Trinajstić information content (AvgIpc) is 2.97. The number of nitrogens with zero attached hydrogens (tertiary/aromatic N) is 1. The lowest BCUT2D eigenvalue weighted by Crippen LogP contribution is -2.73. The molecule has 3 atom stereocenters. The molecule has 0 aromatic carbocycles. The van der Waals surface area contributed by atoms with Crippen molar-refractivity contribution in [3.8, 4) is 0 Å². The summed E-state index contributed by atoms with van der Waals surface area (Å²) < 4.78 is 0. The van der Waals surface area contributed by atoms with Gasteiger partial charge in [0, 0.05) is 4.88 Å². The van der Waals surface area contributed by atoms with Gasteiger partial charge in [-0.2, -0.15) is 0 Å². The van der Waals surface area contributed by atoms with Gasteiger partial charge in [0.1, 0.15) is 11.4 Å². The molecule has 3 heterocycles. The molecule has 8 heteroatoms. The summed E-state index contributed by atoms with van der Waals surface area (Å²) in [6.45, 7) is 1.69. The lowest BCUT2D eigenvalue weighted by atomic mass is 9.99. The Morgan fingerprint density at radius 3 is 2.86 bits per heavy atom. The van der Waals surface area contributed by atoms with Crippen LogP contribution in [0.4, 0.5) is 0 Å². The summed E-state index contributed by atoms with van der Waals surface area (Å²) >= 11 is 2.86. The van der Waals surface area contributed by atoms with Gasteiger partial charge < -0.3 is 15.3 Å². The minimum absolute atomic E-state index is 0.223. The fourth-order valence-corrected chi connectivity index (χ4v) is 4.49. The topological polar surface area (TPSA) is 86.7 Å². The first-order chi connectivity index (χ1) is 10.5. The highest BCUT2D eigenvalue weighted by Crippen LogP contribution is 2.39. The smallest absolute Gasteiger partial charge is 0.330 e. The van der Waals surface area contributed by atoms with Crippen molar-refractivity contribution in [2.24, 2.45) is 0 Å². The highest BCUT2D eigenvalue weighted by Gasteiger charge is 2.55. The van der Waals surface area contributed by atoms with Gasteiger partial charge in [0.05, 0.1) is 6.42 Å². The molecule has 116 valence electrons. The minimum atomic E-state index is -1.05.